The van der Waals surface area contributed by atoms with Crippen LogP contribution in [0.15, 0.2) is 0 Å². The highest BCUT2D eigenvalue weighted by Crippen LogP contribution is 2.35. The number of rotatable bonds is 3. The molecule has 2 N–H and O–H groups in total. The summed E-state index contributed by atoms with van der Waals surface area (Å²) in [7, 11) is 0. The van der Waals surface area contributed by atoms with Crippen molar-refractivity contribution < 1.29 is 9.90 Å². The monoisotopic (exact) mass is 203 g/mol. The number of hydrogen-bond acceptors (Lipinski definition) is 3. The predicted molar refractivity (Wildman–Crippen MR) is 54.9 cm³/mol. The fourth-order valence-corrected chi connectivity index (χ4v) is 3.19. The normalized spacial score (nSPS) is 34.0. The fourth-order valence-electron chi connectivity index (χ4n) is 1.75. The van der Waals surface area contributed by atoms with Crippen molar-refractivity contribution in [3.63, 3.8) is 0 Å². The molecule has 3 nitrogen and oxygen atoms in total. The van der Waals surface area contributed by atoms with Gasteiger partial charge in [0.05, 0.1) is 4.87 Å². The van der Waals surface area contributed by atoms with Crippen molar-refractivity contribution in [1.29, 1.82) is 0 Å². The minimum atomic E-state index is -0.736. The van der Waals surface area contributed by atoms with Gasteiger partial charge in [0.15, 0.2) is 0 Å². The molecule has 0 aliphatic carbocycles. The zero-order chi connectivity index (χ0) is 10.1. The van der Waals surface area contributed by atoms with Crippen LogP contribution in [-0.2, 0) is 4.79 Å². The molecule has 0 bridgehead atoms. The predicted octanol–water partition coefficient (Wildman–Crippen LogP) is 1.54. The van der Waals surface area contributed by atoms with E-state index in [-0.39, 0.29) is 10.9 Å². The van der Waals surface area contributed by atoms with Gasteiger partial charge in [-0.1, -0.05) is 13.8 Å². The molecule has 1 aliphatic rings. The number of carboxylic acid groups (broad SMARTS) is 1. The molecule has 76 valence electrons. The summed E-state index contributed by atoms with van der Waals surface area (Å²) in [5.41, 5.74) is 0. The highest BCUT2D eigenvalue weighted by Gasteiger charge is 2.38. The van der Waals surface area contributed by atoms with Crippen LogP contribution in [0, 0.1) is 5.92 Å². The minimum Gasteiger partial charge on any atom is -0.480 e. The lowest BCUT2D eigenvalue weighted by Crippen LogP contribution is -2.43. The van der Waals surface area contributed by atoms with Crippen molar-refractivity contribution in [3.8, 4) is 0 Å². The van der Waals surface area contributed by atoms with Crippen molar-refractivity contribution in [2.45, 2.75) is 38.1 Å². The second-order valence-electron chi connectivity index (χ2n) is 4.17. The average Bonchev–Trinajstić information content (AvgIpc) is 2.29. The molecule has 4 heteroatoms. The standard InChI is InChI=1S/C9H17NO2S/c1-6(2)4-9(3)10-7(5-13-9)8(11)12/h6-7,10H,4-5H2,1-3H3,(H,11,12)/t7-,9+/m0/s1. The number of nitrogens with one attached hydrogen (secondary N) is 1. The first-order valence-electron chi connectivity index (χ1n) is 4.57. The lowest BCUT2D eigenvalue weighted by molar-refractivity contribution is -0.138. The Kier molecular flexibility index (Phi) is 3.24. The van der Waals surface area contributed by atoms with E-state index in [0.29, 0.717) is 11.7 Å². The van der Waals surface area contributed by atoms with Crippen LogP contribution < -0.4 is 5.32 Å². The largest absolute Gasteiger partial charge is 0.480 e. The summed E-state index contributed by atoms with van der Waals surface area (Å²) in [6, 6.07) is -0.367. The summed E-state index contributed by atoms with van der Waals surface area (Å²) in [4.78, 5) is 10.7. The van der Waals surface area contributed by atoms with E-state index >= 15 is 0 Å². The molecule has 0 radical (unpaired) electrons. The van der Waals surface area contributed by atoms with Crippen LogP contribution in [0.4, 0.5) is 0 Å². The molecule has 0 spiro atoms. The number of carboxylic acids is 1. The molecule has 1 aliphatic heterocycles. The van der Waals surface area contributed by atoms with Crippen LogP contribution in [0.5, 0.6) is 0 Å². The summed E-state index contributed by atoms with van der Waals surface area (Å²) in [6.07, 6.45) is 1.02. The Balaban J connectivity index is 2.51. The Hall–Kier alpha value is -0.220. The number of hydrogen-bond donors (Lipinski definition) is 2. The second kappa shape index (κ2) is 3.88. The maximum Gasteiger partial charge on any atom is 0.321 e. The Morgan fingerprint density at radius 3 is 2.77 bits per heavy atom. The van der Waals surface area contributed by atoms with Gasteiger partial charge in [-0.15, -0.1) is 11.8 Å². The van der Waals surface area contributed by atoms with Crippen LogP contribution in [0.3, 0.4) is 0 Å². The molecule has 13 heavy (non-hydrogen) atoms. The van der Waals surface area contributed by atoms with Crippen LogP contribution in [0.1, 0.15) is 27.2 Å². The lowest BCUT2D eigenvalue weighted by Gasteiger charge is -2.26. The maximum atomic E-state index is 10.7. The van der Waals surface area contributed by atoms with E-state index in [2.05, 4.69) is 26.1 Å². The van der Waals surface area contributed by atoms with Crippen molar-refractivity contribution in [1.82, 2.24) is 5.32 Å². The maximum absolute atomic E-state index is 10.7. The summed E-state index contributed by atoms with van der Waals surface area (Å²) in [6.45, 7) is 6.39. The Morgan fingerprint density at radius 2 is 2.38 bits per heavy atom. The van der Waals surface area contributed by atoms with Gasteiger partial charge in [-0.25, -0.2) is 0 Å². The van der Waals surface area contributed by atoms with Gasteiger partial charge in [0, 0.05) is 5.75 Å². The molecule has 1 heterocycles. The molecule has 0 unspecified atom stereocenters. The van der Waals surface area contributed by atoms with Gasteiger partial charge in [-0.2, -0.15) is 0 Å². The highest BCUT2D eigenvalue weighted by atomic mass is 32.2. The van der Waals surface area contributed by atoms with Gasteiger partial charge in [-0.05, 0) is 19.3 Å². The fraction of sp³-hybridized carbons (Fsp3) is 0.889. The molecular formula is C9H17NO2S. The van der Waals surface area contributed by atoms with Gasteiger partial charge < -0.3 is 5.11 Å². The van der Waals surface area contributed by atoms with Crippen LogP contribution in [-0.4, -0.2) is 27.7 Å². The highest BCUT2D eigenvalue weighted by molar-refractivity contribution is 8.00. The van der Waals surface area contributed by atoms with Crippen molar-refractivity contribution in [2.75, 3.05) is 5.75 Å². The Morgan fingerprint density at radius 1 is 1.77 bits per heavy atom. The molecule has 1 fully saturated rings. The Labute approximate surface area is 83.3 Å². The lowest BCUT2D eigenvalue weighted by atomic mass is 10.0. The molecule has 2 atom stereocenters. The van der Waals surface area contributed by atoms with E-state index < -0.39 is 5.97 Å². The van der Waals surface area contributed by atoms with Crippen molar-refractivity contribution in [2.24, 2.45) is 5.92 Å². The van der Waals surface area contributed by atoms with Gasteiger partial charge in [0.2, 0.25) is 0 Å². The van der Waals surface area contributed by atoms with Crippen LogP contribution in [0.25, 0.3) is 0 Å². The summed E-state index contributed by atoms with van der Waals surface area (Å²) < 4.78 is 0. The van der Waals surface area contributed by atoms with Crippen molar-refractivity contribution in [3.05, 3.63) is 0 Å². The molecule has 0 amide bonds. The van der Waals surface area contributed by atoms with Gasteiger partial charge in [-0.3, -0.25) is 10.1 Å². The van der Waals surface area contributed by atoms with Gasteiger partial charge in [0.25, 0.3) is 0 Å². The molecule has 0 aromatic carbocycles. The average molecular weight is 203 g/mol. The van der Waals surface area contributed by atoms with E-state index in [4.69, 9.17) is 5.11 Å². The quantitative estimate of drug-likeness (QED) is 0.730. The van der Waals surface area contributed by atoms with E-state index in [1.807, 2.05) is 0 Å². The molecule has 1 rings (SSSR count). The van der Waals surface area contributed by atoms with Gasteiger partial charge in [0.1, 0.15) is 6.04 Å². The SMILES string of the molecule is CC(C)C[C@]1(C)N[C@H](C(=O)O)CS1. The number of carbonyl (C=O) groups is 1. The first kappa shape index (κ1) is 10.9. The molecule has 0 saturated carbocycles. The first-order chi connectivity index (χ1) is 5.93. The third kappa shape index (κ3) is 2.88. The topological polar surface area (TPSA) is 49.3 Å². The van der Waals surface area contributed by atoms with Crippen LogP contribution in [0.2, 0.25) is 0 Å². The third-order valence-corrected chi connectivity index (χ3v) is 3.57. The van der Waals surface area contributed by atoms with E-state index in [0.717, 1.165) is 6.42 Å². The smallest absolute Gasteiger partial charge is 0.321 e. The molecular weight excluding hydrogens is 186 g/mol. The van der Waals surface area contributed by atoms with E-state index in [9.17, 15) is 4.79 Å². The second-order valence-corrected chi connectivity index (χ2v) is 5.70. The summed E-state index contributed by atoms with van der Waals surface area (Å²) >= 11 is 1.72. The van der Waals surface area contributed by atoms with Crippen LogP contribution >= 0.6 is 11.8 Å². The minimum absolute atomic E-state index is 0.0444. The molecule has 1 saturated heterocycles. The zero-order valence-electron chi connectivity index (χ0n) is 8.33. The van der Waals surface area contributed by atoms with Gasteiger partial charge >= 0.3 is 5.97 Å². The van der Waals surface area contributed by atoms with E-state index in [1.165, 1.54) is 0 Å². The number of aliphatic carboxylic acids is 1. The zero-order valence-corrected chi connectivity index (χ0v) is 9.15. The Bertz CT molecular complexity index is 208. The third-order valence-electron chi connectivity index (χ3n) is 2.14. The summed E-state index contributed by atoms with van der Waals surface area (Å²) in [5.74, 6) is 0.538. The summed E-state index contributed by atoms with van der Waals surface area (Å²) in [5, 5.41) is 12.0. The molecule has 0 aromatic heterocycles. The number of thioether (sulfide) groups is 1. The van der Waals surface area contributed by atoms with Crippen molar-refractivity contribution >= 4 is 17.7 Å². The first-order valence-corrected chi connectivity index (χ1v) is 5.56. The molecule has 0 aromatic rings. The van der Waals surface area contributed by atoms with E-state index in [1.54, 1.807) is 11.8 Å².